The quantitative estimate of drug-likeness (QED) is 0.718. The van der Waals surface area contributed by atoms with E-state index in [1.807, 2.05) is 6.07 Å². The standard InChI is InChI=1S/C20H28N4O4S/c1-14(2)18-11-23(8-9-24(18)20-21-7-6-16(13-26)22-20)17-5-4-15(12-25)19(10-17)29(3,27)28/h4-7,10,14,18,25-26H,8-9,11-13H2,1-3H3/t18-/m0/s1. The maximum Gasteiger partial charge on any atom is 0.225 e. The van der Waals surface area contributed by atoms with Gasteiger partial charge in [-0.2, -0.15) is 0 Å². The Morgan fingerprint density at radius 3 is 2.55 bits per heavy atom. The van der Waals surface area contributed by atoms with Crippen molar-refractivity contribution in [1.29, 1.82) is 0 Å². The van der Waals surface area contributed by atoms with E-state index < -0.39 is 9.84 Å². The predicted molar refractivity (Wildman–Crippen MR) is 112 cm³/mol. The number of aliphatic hydroxyl groups is 2. The van der Waals surface area contributed by atoms with Gasteiger partial charge in [-0.25, -0.2) is 18.4 Å². The fourth-order valence-corrected chi connectivity index (χ4v) is 4.63. The SMILES string of the molecule is CC(C)[C@@H]1CN(c2ccc(CO)c(S(C)(=O)=O)c2)CCN1c1nccc(CO)n1. The third kappa shape index (κ3) is 4.68. The summed E-state index contributed by atoms with van der Waals surface area (Å²) in [5, 5.41) is 18.9. The lowest BCUT2D eigenvalue weighted by molar-refractivity contribution is 0.276. The molecular formula is C20H28N4O4S. The Morgan fingerprint density at radius 1 is 1.17 bits per heavy atom. The molecule has 29 heavy (non-hydrogen) atoms. The molecule has 1 fully saturated rings. The number of nitrogens with zero attached hydrogens (tertiary/aromatic N) is 4. The summed E-state index contributed by atoms with van der Waals surface area (Å²) in [4.78, 5) is 13.3. The van der Waals surface area contributed by atoms with Crippen LogP contribution in [-0.4, -0.2) is 60.5 Å². The van der Waals surface area contributed by atoms with Crippen LogP contribution in [0.2, 0.25) is 0 Å². The first-order valence-corrected chi connectivity index (χ1v) is 11.5. The lowest BCUT2D eigenvalue weighted by Gasteiger charge is -2.44. The molecule has 0 saturated carbocycles. The highest BCUT2D eigenvalue weighted by atomic mass is 32.2. The summed E-state index contributed by atoms with van der Waals surface area (Å²) in [5.74, 6) is 0.910. The molecule has 0 amide bonds. The van der Waals surface area contributed by atoms with E-state index >= 15 is 0 Å². The Kier molecular flexibility index (Phi) is 6.40. The van der Waals surface area contributed by atoms with Gasteiger partial charge in [0.1, 0.15) is 0 Å². The summed E-state index contributed by atoms with van der Waals surface area (Å²) in [6, 6.07) is 7.00. The van der Waals surface area contributed by atoms with E-state index in [9.17, 15) is 18.6 Å². The van der Waals surface area contributed by atoms with E-state index in [4.69, 9.17) is 0 Å². The van der Waals surface area contributed by atoms with E-state index in [2.05, 4.69) is 33.6 Å². The van der Waals surface area contributed by atoms with Gasteiger partial charge < -0.3 is 20.0 Å². The topological polar surface area (TPSA) is 107 Å². The molecule has 0 radical (unpaired) electrons. The van der Waals surface area contributed by atoms with Crippen LogP contribution in [0, 0.1) is 5.92 Å². The summed E-state index contributed by atoms with van der Waals surface area (Å²) in [7, 11) is -3.44. The van der Waals surface area contributed by atoms with Crippen molar-refractivity contribution in [3.63, 3.8) is 0 Å². The number of aromatic nitrogens is 2. The van der Waals surface area contributed by atoms with Gasteiger partial charge >= 0.3 is 0 Å². The van der Waals surface area contributed by atoms with Gasteiger partial charge in [0.05, 0.1) is 29.8 Å². The van der Waals surface area contributed by atoms with Crippen molar-refractivity contribution in [3.8, 4) is 0 Å². The third-order valence-electron chi connectivity index (χ3n) is 5.29. The second kappa shape index (κ2) is 8.64. The first-order valence-electron chi connectivity index (χ1n) is 9.62. The van der Waals surface area contributed by atoms with Crippen LogP contribution in [0.5, 0.6) is 0 Å². The van der Waals surface area contributed by atoms with Crippen LogP contribution in [-0.2, 0) is 23.1 Å². The van der Waals surface area contributed by atoms with Crippen LogP contribution in [0.15, 0.2) is 35.4 Å². The van der Waals surface area contributed by atoms with Gasteiger partial charge in [0, 0.05) is 37.8 Å². The minimum Gasteiger partial charge on any atom is -0.392 e. The molecule has 1 aliphatic rings. The molecule has 0 aliphatic carbocycles. The van der Waals surface area contributed by atoms with Gasteiger partial charge in [-0.15, -0.1) is 0 Å². The smallest absolute Gasteiger partial charge is 0.225 e. The van der Waals surface area contributed by atoms with Gasteiger partial charge in [0.2, 0.25) is 5.95 Å². The van der Waals surface area contributed by atoms with E-state index in [0.717, 1.165) is 11.9 Å². The van der Waals surface area contributed by atoms with Crippen molar-refractivity contribution < 1.29 is 18.6 Å². The molecule has 0 spiro atoms. The Hall–Kier alpha value is -2.23. The first kappa shape index (κ1) is 21.5. The molecule has 1 atom stereocenters. The Morgan fingerprint density at radius 2 is 1.93 bits per heavy atom. The number of piperazine rings is 1. The number of rotatable bonds is 6. The van der Waals surface area contributed by atoms with Crippen LogP contribution in [0.3, 0.4) is 0 Å². The molecule has 2 aromatic rings. The second-order valence-corrected chi connectivity index (χ2v) is 9.66. The highest BCUT2D eigenvalue weighted by molar-refractivity contribution is 7.90. The molecule has 2 heterocycles. The molecule has 2 N–H and O–H groups in total. The maximum absolute atomic E-state index is 12.1. The highest BCUT2D eigenvalue weighted by Gasteiger charge is 2.31. The van der Waals surface area contributed by atoms with E-state index in [1.54, 1.807) is 24.4 Å². The van der Waals surface area contributed by atoms with E-state index in [1.165, 1.54) is 0 Å². The molecule has 1 aromatic heterocycles. The van der Waals surface area contributed by atoms with Crippen molar-refractivity contribution in [1.82, 2.24) is 9.97 Å². The Bertz CT molecular complexity index is 965. The maximum atomic E-state index is 12.1. The van der Waals surface area contributed by atoms with E-state index in [-0.39, 0.29) is 24.2 Å². The fraction of sp³-hybridized carbons (Fsp3) is 0.500. The lowest BCUT2D eigenvalue weighted by atomic mass is 9.99. The average molecular weight is 421 g/mol. The number of aliphatic hydroxyl groups excluding tert-OH is 2. The zero-order valence-electron chi connectivity index (χ0n) is 17.0. The van der Waals surface area contributed by atoms with E-state index in [0.29, 0.717) is 42.8 Å². The number of sulfone groups is 1. The Balaban J connectivity index is 1.90. The van der Waals surface area contributed by atoms with Gasteiger partial charge in [-0.3, -0.25) is 0 Å². The minimum absolute atomic E-state index is 0.122. The summed E-state index contributed by atoms with van der Waals surface area (Å²) in [5.41, 5.74) is 1.81. The summed E-state index contributed by atoms with van der Waals surface area (Å²) < 4.78 is 24.3. The normalized spacial score (nSPS) is 17.8. The largest absolute Gasteiger partial charge is 0.392 e. The molecule has 9 heteroatoms. The fourth-order valence-electron chi connectivity index (χ4n) is 3.69. The van der Waals surface area contributed by atoms with Crippen molar-refractivity contribution in [3.05, 3.63) is 41.7 Å². The van der Waals surface area contributed by atoms with Crippen molar-refractivity contribution in [2.24, 2.45) is 5.92 Å². The van der Waals surface area contributed by atoms with Crippen molar-refractivity contribution >= 4 is 21.5 Å². The van der Waals surface area contributed by atoms with Crippen molar-refractivity contribution in [2.75, 3.05) is 35.7 Å². The van der Waals surface area contributed by atoms with Gasteiger partial charge in [0.15, 0.2) is 9.84 Å². The predicted octanol–water partition coefficient (Wildman–Crippen LogP) is 1.22. The molecule has 0 bridgehead atoms. The molecule has 8 nitrogen and oxygen atoms in total. The number of hydrogen-bond donors (Lipinski definition) is 2. The second-order valence-electron chi connectivity index (χ2n) is 7.68. The first-order chi connectivity index (χ1) is 13.7. The van der Waals surface area contributed by atoms with Crippen LogP contribution in [0.4, 0.5) is 11.6 Å². The highest BCUT2D eigenvalue weighted by Crippen LogP contribution is 2.28. The molecule has 158 valence electrons. The number of benzene rings is 1. The molecular weight excluding hydrogens is 392 g/mol. The molecule has 3 rings (SSSR count). The molecule has 0 unspecified atom stereocenters. The summed E-state index contributed by atoms with van der Waals surface area (Å²) >= 11 is 0. The van der Waals surface area contributed by atoms with Gasteiger partial charge in [0.25, 0.3) is 0 Å². The third-order valence-corrected chi connectivity index (χ3v) is 6.47. The molecule has 1 aromatic carbocycles. The number of hydrogen-bond acceptors (Lipinski definition) is 8. The molecule has 1 saturated heterocycles. The zero-order chi connectivity index (χ0) is 21.2. The van der Waals surface area contributed by atoms with Gasteiger partial charge in [-0.1, -0.05) is 19.9 Å². The minimum atomic E-state index is -3.44. The summed E-state index contributed by atoms with van der Waals surface area (Å²) in [6.45, 7) is 5.86. The monoisotopic (exact) mass is 420 g/mol. The van der Waals surface area contributed by atoms with Crippen molar-refractivity contribution in [2.45, 2.75) is 38.0 Å². The number of anilines is 2. The Labute approximate surface area is 171 Å². The van der Waals surface area contributed by atoms with Crippen LogP contribution >= 0.6 is 0 Å². The lowest BCUT2D eigenvalue weighted by Crippen LogP contribution is -2.56. The summed E-state index contributed by atoms with van der Waals surface area (Å²) in [6.07, 6.45) is 2.81. The average Bonchev–Trinajstić information content (AvgIpc) is 2.72. The van der Waals surface area contributed by atoms with Crippen LogP contribution in [0.25, 0.3) is 0 Å². The van der Waals surface area contributed by atoms with Crippen LogP contribution in [0.1, 0.15) is 25.1 Å². The zero-order valence-corrected chi connectivity index (χ0v) is 17.8. The van der Waals surface area contributed by atoms with Gasteiger partial charge in [-0.05, 0) is 29.7 Å². The molecule has 1 aliphatic heterocycles. The van der Waals surface area contributed by atoms with Crippen LogP contribution < -0.4 is 9.80 Å².